The molecule has 1 aromatic heterocycles. The Balaban J connectivity index is 1.84. The number of para-hydroxylation sites is 1. The number of aromatic nitrogens is 2. The SMILES string of the molecule is CSc1cccc(N(C=O)Sc2ccccc2N(C)Cc2cc(C)nn2C)c1. The number of benzene rings is 2. The molecule has 5 nitrogen and oxygen atoms in total. The van der Waals surface area contributed by atoms with Crippen molar-refractivity contribution < 1.29 is 4.79 Å². The summed E-state index contributed by atoms with van der Waals surface area (Å²) in [7, 11) is 4.02. The van der Waals surface area contributed by atoms with Crippen molar-refractivity contribution in [3.05, 3.63) is 66.0 Å². The van der Waals surface area contributed by atoms with Gasteiger partial charge in [-0.15, -0.1) is 11.8 Å². The van der Waals surface area contributed by atoms with Gasteiger partial charge in [-0.05, 0) is 61.5 Å². The van der Waals surface area contributed by atoms with Crippen LogP contribution in [0.3, 0.4) is 0 Å². The van der Waals surface area contributed by atoms with Crippen molar-refractivity contribution in [1.82, 2.24) is 9.78 Å². The predicted octanol–water partition coefficient (Wildman–Crippen LogP) is 4.76. The predicted molar refractivity (Wildman–Crippen MR) is 119 cm³/mol. The summed E-state index contributed by atoms with van der Waals surface area (Å²) in [6, 6.07) is 18.2. The van der Waals surface area contributed by atoms with E-state index >= 15 is 0 Å². The first-order valence-electron chi connectivity index (χ1n) is 8.88. The lowest BCUT2D eigenvalue weighted by Gasteiger charge is -2.24. The van der Waals surface area contributed by atoms with E-state index < -0.39 is 0 Å². The van der Waals surface area contributed by atoms with Crippen LogP contribution in [-0.2, 0) is 18.4 Å². The molecule has 7 heteroatoms. The Labute approximate surface area is 174 Å². The fraction of sp³-hybridized carbons (Fsp3) is 0.238. The molecule has 2 aromatic carbocycles. The maximum atomic E-state index is 11.8. The van der Waals surface area contributed by atoms with Crippen molar-refractivity contribution in [2.45, 2.75) is 23.3 Å². The summed E-state index contributed by atoms with van der Waals surface area (Å²) in [6.07, 6.45) is 2.90. The normalized spacial score (nSPS) is 10.7. The molecule has 0 bridgehead atoms. The highest BCUT2D eigenvalue weighted by atomic mass is 32.2. The molecule has 1 heterocycles. The molecule has 0 fully saturated rings. The Morgan fingerprint density at radius 3 is 2.61 bits per heavy atom. The minimum absolute atomic E-state index is 0.734. The molecule has 146 valence electrons. The van der Waals surface area contributed by atoms with E-state index in [1.54, 1.807) is 16.1 Å². The number of hydrogen-bond donors (Lipinski definition) is 0. The first-order valence-corrected chi connectivity index (χ1v) is 10.9. The maximum Gasteiger partial charge on any atom is 0.224 e. The number of amides is 1. The van der Waals surface area contributed by atoms with Crippen LogP contribution in [0.1, 0.15) is 11.4 Å². The molecule has 0 saturated carbocycles. The topological polar surface area (TPSA) is 41.4 Å². The lowest BCUT2D eigenvalue weighted by Crippen LogP contribution is -2.20. The van der Waals surface area contributed by atoms with Crippen molar-refractivity contribution in [3.63, 3.8) is 0 Å². The van der Waals surface area contributed by atoms with E-state index in [1.165, 1.54) is 11.9 Å². The van der Waals surface area contributed by atoms with E-state index in [1.807, 2.05) is 67.4 Å². The smallest absolute Gasteiger partial charge is 0.224 e. The summed E-state index contributed by atoms with van der Waals surface area (Å²) in [6.45, 7) is 2.73. The molecule has 0 aliphatic carbocycles. The fourth-order valence-electron chi connectivity index (χ4n) is 2.98. The second kappa shape index (κ2) is 9.21. The third-order valence-electron chi connectivity index (χ3n) is 4.37. The zero-order chi connectivity index (χ0) is 20.1. The molecule has 0 aliphatic rings. The largest absolute Gasteiger partial charge is 0.368 e. The van der Waals surface area contributed by atoms with Crippen LogP contribution in [-0.4, -0.2) is 29.5 Å². The zero-order valence-corrected chi connectivity index (χ0v) is 18.1. The van der Waals surface area contributed by atoms with Crippen LogP contribution in [0.15, 0.2) is 64.4 Å². The molecular formula is C21H24N4OS2. The van der Waals surface area contributed by atoms with Gasteiger partial charge in [-0.2, -0.15) is 5.10 Å². The number of hydrogen-bond acceptors (Lipinski definition) is 5. The van der Waals surface area contributed by atoms with Crippen LogP contribution in [0.5, 0.6) is 0 Å². The Morgan fingerprint density at radius 1 is 1.14 bits per heavy atom. The zero-order valence-electron chi connectivity index (χ0n) is 16.5. The molecule has 0 atom stereocenters. The number of rotatable bonds is 8. The van der Waals surface area contributed by atoms with Crippen LogP contribution in [0.25, 0.3) is 0 Å². The van der Waals surface area contributed by atoms with Gasteiger partial charge >= 0.3 is 0 Å². The molecular weight excluding hydrogens is 388 g/mol. The average molecular weight is 413 g/mol. The van der Waals surface area contributed by atoms with Crippen molar-refractivity contribution in [1.29, 1.82) is 0 Å². The van der Waals surface area contributed by atoms with Gasteiger partial charge in [-0.3, -0.25) is 13.8 Å². The van der Waals surface area contributed by atoms with Gasteiger partial charge in [0.05, 0.1) is 34.2 Å². The van der Waals surface area contributed by atoms with Crippen LogP contribution in [0, 0.1) is 6.92 Å². The monoisotopic (exact) mass is 412 g/mol. The Morgan fingerprint density at radius 2 is 1.93 bits per heavy atom. The number of carbonyl (C=O) groups excluding carboxylic acids is 1. The van der Waals surface area contributed by atoms with Gasteiger partial charge in [-0.25, -0.2) is 0 Å². The van der Waals surface area contributed by atoms with E-state index in [-0.39, 0.29) is 0 Å². The van der Waals surface area contributed by atoms with Gasteiger partial charge in [0.15, 0.2) is 0 Å². The molecule has 0 radical (unpaired) electrons. The summed E-state index contributed by atoms with van der Waals surface area (Å²) in [5.41, 5.74) is 4.08. The van der Waals surface area contributed by atoms with Crippen LogP contribution in [0.2, 0.25) is 0 Å². The number of carbonyl (C=O) groups is 1. The van der Waals surface area contributed by atoms with E-state index in [4.69, 9.17) is 0 Å². The van der Waals surface area contributed by atoms with Crippen molar-refractivity contribution in [2.75, 3.05) is 22.5 Å². The summed E-state index contributed by atoms with van der Waals surface area (Å²) in [5.74, 6) is 0. The first-order chi connectivity index (χ1) is 13.5. The Hall–Kier alpha value is -2.38. The molecule has 3 aromatic rings. The van der Waals surface area contributed by atoms with Crippen molar-refractivity contribution >= 4 is 41.5 Å². The highest BCUT2D eigenvalue weighted by molar-refractivity contribution is 8.01. The van der Waals surface area contributed by atoms with Gasteiger partial charge in [0, 0.05) is 19.0 Å². The second-order valence-corrected chi connectivity index (χ2v) is 8.34. The molecule has 0 saturated heterocycles. The molecule has 0 N–H and O–H groups in total. The average Bonchev–Trinajstić information content (AvgIpc) is 3.03. The number of nitrogens with zero attached hydrogens (tertiary/aromatic N) is 4. The number of anilines is 2. The van der Waals surface area contributed by atoms with Crippen LogP contribution in [0.4, 0.5) is 11.4 Å². The first kappa shape index (κ1) is 20.4. The number of aryl methyl sites for hydroxylation is 2. The molecule has 1 amide bonds. The van der Waals surface area contributed by atoms with Gasteiger partial charge in [-0.1, -0.05) is 18.2 Å². The second-order valence-electron chi connectivity index (χ2n) is 6.45. The highest BCUT2D eigenvalue weighted by Crippen LogP contribution is 2.35. The third kappa shape index (κ3) is 4.72. The Bertz CT molecular complexity index is 957. The van der Waals surface area contributed by atoms with Crippen molar-refractivity contribution in [2.24, 2.45) is 7.05 Å². The summed E-state index contributed by atoms with van der Waals surface area (Å²) in [5, 5.41) is 4.43. The molecule has 3 rings (SSSR count). The minimum Gasteiger partial charge on any atom is -0.368 e. The fourth-order valence-corrected chi connectivity index (χ4v) is 4.36. The standard InChI is InChI=1S/C21H24N4OS2/c1-16-12-18(24(3)22-16)14-23(2)20-10-5-6-11-21(20)28-25(15-26)17-8-7-9-19(13-17)27-4/h5-13,15H,14H2,1-4H3. The van der Waals surface area contributed by atoms with Gasteiger partial charge in [0.2, 0.25) is 6.41 Å². The summed E-state index contributed by atoms with van der Waals surface area (Å²) >= 11 is 3.09. The molecule has 0 aliphatic heterocycles. The molecule has 0 spiro atoms. The van der Waals surface area contributed by atoms with E-state index in [2.05, 4.69) is 29.2 Å². The van der Waals surface area contributed by atoms with Gasteiger partial charge < -0.3 is 4.90 Å². The van der Waals surface area contributed by atoms with Crippen LogP contribution >= 0.6 is 23.7 Å². The van der Waals surface area contributed by atoms with E-state index in [0.717, 1.165) is 45.5 Å². The molecule has 28 heavy (non-hydrogen) atoms. The number of thioether (sulfide) groups is 1. The lowest BCUT2D eigenvalue weighted by atomic mass is 10.2. The maximum absolute atomic E-state index is 11.8. The minimum atomic E-state index is 0.734. The highest BCUT2D eigenvalue weighted by Gasteiger charge is 2.15. The Kier molecular flexibility index (Phi) is 6.70. The van der Waals surface area contributed by atoms with Gasteiger partial charge in [0.25, 0.3) is 0 Å². The van der Waals surface area contributed by atoms with Crippen LogP contribution < -0.4 is 9.21 Å². The molecule has 0 unspecified atom stereocenters. The van der Waals surface area contributed by atoms with Crippen molar-refractivity contribution in [3.8, 4) is 0 Å². The van der Waals surface area contributed by atoms with E-state index in [9.17, 15) is 4.79 Å². The quantitative estimate of drug-likeness (QED) is 0.303. The third-order valence-corrected chi connectivity index (χ3v) is 6.14. The summed E-state index contributed by atoms with van der Waals surface area (Å²) < 4.78 is 3.58. The van der Waals surface area contributed by atoms with Gasteiger partial charge in [0.1, 0.15) is 0 Å². The van der Waals surface area contributed by atoms with E-state index in [0.29, 0.717) is 0 Å². The lowest BCUT2D eigenvalue weighted by molar-refractivity contribution is -0.106. The summed E-state index contributed by atoms with van der Waals surface area (Å²) in [4.78, 5) is 16.1.